The molecule has 1 fully saturated rings. The van der Waals surface area contributed by atoms with Crippen LogP contribution in [0.4, 0.5) is 4.39 Å². The molecule has 2 heterocycles. The topological polar surface area (TPSA) is 25.2 Å². The third-order valence-corrected chi connectivity index (χ3v) is 4.86. The van der Waals surface area contributed by atoms with E-state index in [9.17, 15) is 9.18 Å². The molecule has 1 aromatic heterocycles. The molecule has 0 unspecified atom stereocenters. The number of carbonyl (C=O) groups is 1. The van der Waals surface area contributed by atoms with Gasteiger partial charge < -0.3 is 4.57 Å². The number of nitrogens with zero attached hydrogens (tertiary/aromatic N) is 2. The van der Waals surface area contributed by atoms with Crippen LogP contribution < -0.4 is 0 Å². The van der Waals surface area contributed by atoms with Crippen molar-refractivity contribution in [2.75, 3.05) is 19.6 Å². The van der Waals surface area contributed by atoms with E-state index in [2.05, 4.69) is 4.90 Å². The van der Waals surface area contributed by atoms with Crippen LogP contribution >= 0.6 is 0 Å². The van der Waals surface area contributed by atoms with Gasteiger partial charge in [-0.15, -0.1) is 0 Å². The lowest BCUT2D eigenvalue weighted by Gasteiger charge is -2.24. The van der Waals surface area contributed by atoms with Crippen molar-refractivity contribution in [3.05, 3.63) is 65.3 Å². The molecule has 1 saturated heterocycles. The Bertz CT molecular complexity index is 768. The second-order valence-corrected chi connectivity index (χ2v) is 6.72. The van der Waals surface area contributed by atoms with Crippen LogP contribution in [0.5, 0.6) is 0 Å². The fourth-order valence-electron chi connectivity index (χ4n) is 3.54. The van der Waals surface area contributed by atoms with Crippen molar-refractivity contribution in [3.63, 3.8) is 0 Å². The first kappa shape index (κ1) is 17.6. The molecule has 25 heavy (non-hydrogen) atoms. The summed E-state index contributed by atoms with van der Waals surface area (Å²) >= 11 is 0. The lowest BCUT2D eigenvalue weighted by Crippen LogP contribution is -2.29. The van der Waals surface area contributed by atoms with E-state index >= 15 is 0 Å². The van der Waals surface area contributed by atoms with Gasteiger partial charge in [0.25, 0.3) is 0 Å². The predicted octanol–water partition coefficient (Wildman–Crippen LogP) is 4.46. The molecule has 4 heteroatoms. The van der Waals surface area contributed by atoms with Crippen molar-refractivity contribution in [2.24, 2.45) is 0 Å². The van der Waals surface area contributed by atoms with Crippen LogP contribution in [-0.2, 0) is 0 Å². The number of hydrogen-bond acceptors (Lipinski definition) is 2. The van der Waals surface area contributed by atoms with E-state index in [0.717, 1.165) is 36.7 Å². The zero-order valence-corrected chi connectivity index (χ0v) is 15.0. The molecule has 0 radical (unpaired) electrons. The molecule has 0 N–H and O–H groups in total. The summed E-state index contributed by atoms with van der Waals surface area (Å²) in [6.45, 7) is 6.98. The third kappa shape index (κ3) is 4.07. The standard InChI is InChI=1S/C21H25FN2O/c1-16-15-20(17(2)24(16)19-10-8-18(22)9-11-19)21(25)7-6-14-23-12-4-3-5-13-23/h6-11,15H,3-5,12-14H2,1-2H3. The number of benzene rings is 1. The Morgan fingerprint density at radius 2 is 1.80 bits per heavy atom. The number of aryl methyl sites for hydroxylation is 1. The van der Waals surface area contributed by atoms with Crippen LogP contribution in [0.3, 0.4) is 0 Å². The summed E-state index contributed by atoms with van der Waals surface area (Å²) in [7, 11) is 0. The van der Waals surface area contributed by atoms with Crippen molar-refractivity contribution >= 4 is 5.78 Å². The van der Waals surface area contributed by atoms with Gasteiger partial charge in [0.2, 0.25) is 0 Å². The molecule has 132 valence electrons. The van der Waals surface area contributed by atoms with Gasteiger partial charge in [0, 0.05) is 29.2 Å². The van der Waals surface area contributed by atoms with Gasteiger partial charge in [0.15, 0.2) is 5.78 Å². The average molecular weight is 340 g/mol. The molecule has 0 aliphatic carbocycles. The molecule has 0 saturated carbocycles. The summed E-state index contributed by atoms with van der Waals surface area (Å²) < 4.78 is 15.1. The second kappa shape index (κ2) is 7.79. The summed E-state index contributed by atoms with van der Waals surface area (Å²) in [6, 6.07) is 8.25. The molecule has 3 rings (SSSR count). The largest absolute Gasteiger partial charge is 0.318 e. The lowest BCUT2D eigenvalue weighted by molar-refractivity contribution is 0.104. The highest BCUT2D eigenvalue weighted by atomic mass is 19.1. The van der Waals surface area contributed by atoms with Crippen molar-refractivity contribution in [2.45, 2.75) is 33.1 Å². The number of carbonyl (C=O) groups excluding carboxylic acids is 1. The van der Waals surface area contributed by atoms with Crippen molar-refractivity contribution < 1.29 is 9.18 Å². The van der Waals surface area contributed by atoms with Crippen LogP contribution in [0, 0.1) is 19.7 Å². The monoisotopic (exact) mass is 340 g/mol. The molecular weight excluding hydrogens is 315 g/mol. The van der Waals surface area contributed by atoms with Crippen LogP contribution in [0.1, 0.15) is 41.0 Å². The first-order valence-electron chi connectivity index (χ1n) is 8.94. The van der Waals surface area contributed by atoms with Gasteiger partial charge in [0.1, 0.15) is 5.82 Å². The number of halogens is 1. The quantitative estimate of drug-likeness (QED) is 0.593. The summed E-state index contributed by atoms with van der Waals surface area (Å²) in [6.07, 6.45) is 7.47. The average Bonchev–Trinajstić information content (AvgIpc) is 2.91. The Kier molecular flexibility index (Phi) is 5.49. The van der Waals surface area contributed by atoms with E-state index in [1.165, 1.54) is 31.4 Å². The van der Waals surface area contributed by atoms with E-state index in [1.807, 2.05) is 30.6 Å². The van der Waals surface area contributed by atoms with Crippen LogP contribution in [0.2, 0.25) is 0 Å². The van der Waals surface area contributed by atoms with Gasteiger partial charge in [-0.1, -0.05) is 12.5 Å². The number of rotatable bonds is 5. The maximum absolute atomic E-state index is 13.2. The molecule has 0 spiro atoms. The minimum absolute atomic E-state index is 0.0264. The summed E-state index contributed by atoms with van der Waals surface area (Å²) in [5, 5.41) is 0. The lowest BCUT2D eigenvalue weighted by atomic mass is 10.1. The smallest absolute Gasteiger partial charge is 0.187 e. The Labute approximate surface area is 148 Å². The molecule has 2 aromatic rings. The number of piperidine rings is 1. The fraction of sp³-hybridized carbons (Fsp3) is 0.381. The normalized spacial score (nSPS) is 15.8. The van der Waals surface area contributed by atoms with E-state index in [1.54, 1.807) is 18.2 Å². The molecule has 1 aliphatic heterocycles. The zero-order chi connectivity index (χ0) is 17.8. The number of ketones is 1. The van der Waals surface area contributed by atoms with E-state index in [-0.39, 0.29) is 11.6 Å². The highest BCUT2D eigenvalue weighted by molar-refractivity contribution is 6.05. The predicted molar refractivity (Wildman–Crippen MR) is 99.0 cm³/mol. The van der Waals surface area contributed by atoms with Gasteiger partial charge in [0.05, 0.1) is 0 Å². The van der Waals surface area contributed by atoms with Crippen LogP contribution in [0.25, 0.3) is 5.69 Å². The van der Waals surface area contributed by atoms with E-state index < -0.39 is 0 Å². The van der Waals surface area contributed by atoms with Crippen LogP contribution in [0.15, 0.2) is 42.5 Å². The maximum Gasteiger partial charge on any atom is 0.187 e. The summed E-state index contributed by atoms with van der Waals surface area (Å²) in [4.78, 5) is 15.0. The van der Waals surface area contributed by atoms with Gasteiger partial charge in [-0.2, -0.15) is 0 Å². The fourth-order valence-corrected chi connectivity index (χ4v) is 3.54. The number of allylic oxidation sites excluding steroid dienone is 1. The Hall–Kier alpha value is -2.20. The second-order valence-electron chi connectivity index (χ2n) is 6.72. The van der Waals surface area contributed by atoms with Gasteiger partial charge in [-0.3, -0.25) is 9.69 Å². The highest BCUT2D eigenvalue weighted by Crippen LogP contribution is 2.22. The van der Waals surface area contributed by atoms with Gasteiger partial charge in [-0.25, -0.2) is 4.39 Å². The number of aromatic nitrogens is 1. The molecule has 0 bridgehead atoms. The van der Waals surface area contributed by atoms with Gasteiger partial charge >= 0.3 is 0 Å². The molecule has 1 aromatic carbocycles. The first-order valence-corrected chi connectivity index (χ1v) is 8.94. The van der Waals surface area contributed by atoms with E-state index in [4.69, 9.17) is 0 Å². The molecule has 0 amide bonds. The minimum atomic E-state index is -0.261. The Balaban J connectivity index is 1.75. The summed E-state index contributed by atoms with van der Waals surface area (Å²) in [5.41, 5.74) is 3.43. The van der Waals surface area contributed by atoms with Gasteiger partial charge in [-0.05, 0) is 76.2 Å². The highest BCUT2D eigenvalue weighted by Gasteiger charge is 2.15. The Morgan fingerprint density at radius 3 is 2.48 bits per heavy atom. The third-order valence-electron chi connectivity index (χ3n) is 4.86. The summed E-state index contributed by atoms with van der Waals surface area (Å²) in [5.74, 6) is -0.235. The molecule has 0 atom stereocenters. The molecular formula is C21H25FN2O. The van der Waals surface area contributed by atoms with Crippen molar-refractivity contribution in [1.29, 1.82) is 0 Å². The van der Waals surface area contributed by atoms with E-state index in [0.29, 0.717) is 5.56 Å². The minimum Gasteiger partial charge on any atom is -0.318 e. The molecule has 3 nitrogen and oxygen atoms in total. The first-order chi connectivity index (χ1) is 12.1. The number of likely N-dealkylation sites (tertiary alicyclic amines) is 1. The Morgan fingerprint density at radius 1 is 1.12 bits per heavy atom. The van der Waals surface area contributed by atoms with Crippen molar-refractivity contribution in [1.82, 2.24) is 9.47 Å². The van der Waals surface area contributed by atoms with Crippen LogP contribution in [-0.4, -0.2) is 34.9 Å². The zero-order valence-electron chi connectivity index (χ0n) is 15.0. The maximum atomic E-state index is 13.2. The molecule has 1 aliphatic rings. The SMILES string of the molecule is Cc1cc(C(=O)C=CCN2CCCCC2)c(C)n1-c1ccc(F)cc1. The van der Waals surface area contributed by atoms with Crippen molar-refractivity contribution in [3.8, 4) is 5.69 Å². The number of hydrogen-bond donors (Lipinski definition) is 0.